The number of carbonyl (C=O) groups is 1. The lowest BCUT2D eigenvalue weighted by molar-refractivity contribution is -0.138. The van der Waals surface area contributed by atoms with Crippen LogP contribution in [0.25, 0.3) is 0 Å². The summed E-state index contributed by atoms with van der Waals surface area (Å²) in [4.78, 5) is 10.6. The molecule has 0 radical (unpaired) electrons. The highest BCUT2D eigenvalue weighted by Crippen LogP contribution is 2.26. The quantitative estimate of drug-likeness (QED) is 0.697. The number of carboxylic acid groups (broad SMARTS) is 1. The molecule has 3 nitrogen and oxygen atoms in total. The van der Waals surface area contributed by atoms with Crippen LogP contribution in [-0.4, -0.2) is 24.2 Å². The molecule has 1 aliphatic rings. The molecule has 1 fully saturated rings. The van der Waals surface area contributed by atoms with Gasteiger partial charge in [0.05, 0.1) is 0 Å². The first-order valence-electron chi connectivity index (χ1n) is 5.16. The number of piperidine rings is 1. The van der Waals surface area contributed by atoms with E-state index < -0.39 is 5.97 Å². The topological polar surface area (TPSA) is 49.3 Å². The largest absolute Gasteiger partial charge is 0.481 e. The van der Waals surface area contributed by atoms with Crippen LogP contribution in [0, 0.1) is 11.8 Å². The van der Waals surface area contributed by atoms with Gasteiger partial charge >= 0.3 is 5.97 Å². The van der Waals surface area contributed by atoms with Crippen LogP contribution in [0.4, 0.5) is 0 Å². The normalized spacial score (nSPS) is 28.7. The van der Waals surface area contributed by atoms with Crippen molar-refractivity contribution >= 4 is 5.97 Å². The molecule has 13 heavy (non-hydrogen) atoms. The van der Waals surface area contributed by atoms with E-state index in [1.165, 1.54) is 0 Å². The standard InChI is InChI=1S/C10H19NO2/c1-2-3-9-7-11-5-4-8(9)6-10(12)13/h8-9,11H,2-7H2,1H3,(H,12,13). The van der Waals surface area contributed by atoms with E-state index in [9.17, 15) is 4.79 Å². The molecule has 0 aromatic heterocycles. The Labute approximate surface area is 79.5 Å². The zero-order chi connectivity index (χ0) is 9.68. The maximum atomic E-state index is 10.6. The summed E-state index contributed by atoms with van der Waals surface area (Å²) in [7, 11) is 0. The van der Waals surface area contributed by atoms with Gasteiger partial charge in [-0.1, -0.05) is 13.3 Å². The number of rotatable bonds is 4. The summed E-state index contributed by atoms with van der Waals surface area (Å²) >= 11 is 0. The molecule has 1 heterocycles. The van der Waals surface area contributed by atoms with Crippen molar-refractivity contribution in [2.24, 2.45) is 11.8 Å². The lowest BCUT2D eigenvalue weighted by Crippen LogP contribution is -2.37. The lowest BCUT2D eigenvalue weighted by atomic mass is 9.81. The van der Waals surface area contributed by atoms with Crippen LogP contribution in [0.5, 0.6) is 0 Å². The van der Waals surface area contributed by atoms with E-state index in [0.29, 0.717) is 18.3 Å². The molecule has 2 unspecified atom stereocenters. The van der Waals surface area contributed by atoms with E-state index in [4.69, 9.17) is 5.11 Å². The predicted octanol–water partition coefficient (Wildman–Crippen LogP) is 1.49. The van der Waals surface area contributed by atoms with E-state index in [-0.39, 0.29) is 0 Å². The maximum Gasteiger partial charge on any atom is 0.303 e. The average molecular weight is 185 g/mol. The van der Waals surface area contributed by atoms with Crippen molar-refractivity contribution in [2.45, 2.75) is 32.6 Å². The number of aliphatic carboxylic acids is 1. The first-order chi connectivity index (χ1) is 6.24. The Kier molecular flexibility index (Phi) is 4.22. The van der Waals surface area contributed by atoms with Gasteiger partial charge in [0, 0.05) is 6.42 Å². The van der Waals surface area contributed by atoms with Crippen molar-refractivity contribution in [2.75, 3.05) is 13.1 Å². The average Bonchev–Trinajstić information content (AvgIpc) is 2.08. The van der Waals surface area contributed by atoms with Crippen LogP contribution >= 0.6 is 0 Å². The minimum atomic E-state index is -0.645. The highest BCUT2D eigenvalue weighted by molar-refractivity contribution is 5.67. The molecule has 1 aliphatic heterocycles. The van der Waals surface area contributed by atoms with Gasteiger partial charge in [0.2, 0.25) is 0 Å². The van der Waals surface area contributed by atoms with Crippen LogP contribution in [0.1, 0.15) is 32.6 Å². The van der Waals surface area contributed by atoms with Gasteiger partial charge in [0.25, 0.3) is 0 Å². The van der Waals surface area contributed by atoms with E-state index in [1.54, 1.807) is 0 Å². The zero-order valence-corrected chi connectivity index (χ0v) is 8.25. The Hall–Kier alpha value is -0.570. The summed E-state index contributed by atoms with van der Waals surface area (Å²) < 4.78 is 0. The lowest BCUT2D eigenvalue weighted by Gasteiger charge is -2.31. The fraction of sp³-hybridized carbons (Fsp3) is 0.900. The molecule has 2 atom stereocenters. The molecule has 1 rings (SSSR count). The molecular weight excluding hydrogens is 166 g/mol. The third-order valence-electron chi connectivity index (χ3n) is 2.86. The summed E-state index contributed by atoms with van der Waals surface area (Å²) in [5.41, 5.74) is 0. The van der Waals surface area contributed by atoms with Gasteiger partial charge in [-0.3, -0.25) is 4.79 Å². The first-order valence-corrected chi connectivity index (χ1v) is 5.16. The zero-order valence-electron chi connectivity index (χ0n) is 8.25. The van der Waals surface area contributed by atoms with Crippen LogP contribution in [0.2, 0.25) is 0 Å². The Balaban J connectivity index is 2.41. The SMILES string of the molecule is CCCC1CNCCC1CC(=O)O. The van der Waals surface area contributed by atoms with Crippen LogP contribution in [0.15, 0.2) is 0 Å². The van der Waals surface area contributed by atoms with Crippen molar-refractivity contribution in [1.82, 2.24) is 5.32 Å². The summed E-state index contributed by atoms with van der Waals surface area (Å²) in [5, 5.41) is 12.1. The molecule has 3 heteroatoms. The molecule has 1 saturated heterocycles. The number of nitrogens with one attached hydrogen (secondary N) is 1. The Morgan fingerprint density at radius 2 is 2.31 bits per heavy atom. The number of hydrogen-bond acceptors (Lipinski definition) is 2. The van der Waals surface area contributed by atoms with Crippen LogP contribution < -0.4 is 5.32 Å². The van der Waals surface area contributed by atoms with Gasteiger partial charge in [-0.15, -0.1) is 0 Å². The molecule has 0 saturated carbocycles. The van der Waals surface area contributed by atoms with Gasteiger partial charge in [0.1, 0.15) is 0 Å². The molecule has 0 spiro atoms. The second kappa shape index (κ2) is 5.22. The smallest absolute Gasteiger partial charge is 0.303 e. The molecule has 76 valence electrons. The van der Waals surface area contributed by atoms with Gasteiger partial charge in [-0.2, -0.15) is 0 Å². The molecular formula is C10H19NO2. The van der Waals surface area contributed by atoms with Gasteiger partial charge in [-0.25, -0.2) is 0 Å². The van der Waals surface area contributed by atoms with E-state index >= 15 is 0 Å². The summed E-state index contributed by atoms with van der Waals surface area (Å²) in [6, 6.07) is 0. The summed E-state index contributed by atoms with van der Waals surface area (Å²) in [6.45, 7) is 4.15. The van der Waals surface area contributed by atoms with Gasteiger partial charge < -0.3 is 10.4 Å². The van der Waals surface area contributed by atoms with Crippen molar-refractivity contribution in [3.05, 3.63) is 0 Å². The Bertz CT molecular complexity index is 168. The molecule has 0 aromatic carbocycles. The first kappa shape index (κ1) is 10.5. The third-order valence-corrected chi connectivity index (χ3v) is 2.86. The third kappa shape index (κ3) is 3.35. The molecule has 2 N–H and O–H groups in total. The molecule has 0 bridgehead atoms. The Morgan fingerprint density at radius 3 is 2.92 bits per heavy atom. The van der Waals surface area contributed by atoms with Crippen molar-refractivity contribution < 1.29 is 9.90 Å². The highest BCUT2D eigenvalue weighted by Gasteiger charge is 2.25. The van der Waals surface area contributed by atoms with Crippen molar-refractivity contribution in [3.63, 3.8) is 0 Å². The van der Waals surface area contributed by atoms with Crippen LogP contribution in [-0.2, 0) is 4.79 Å². The molecule has 0 amide bonds. The van der Waals surface area contributed by atoms with Gasteiger partial charge in [-0.05, 0) is 37.8 Å². The van der Waals surface area contributed by atoms with Crippen LogP contribution in [0.3, 0.4) is 0 Å². The van der Waals surface area contributed by atoms with E-state index in [2.05, 4.69) is 12.2 Å². The van der Waals surface area contributed by atoms with Crippen molar-refractivity contribution in [1.29, 1.82) is 0 Å². The van der Waals surface area contributed by atoms with Crippen molar-refractivity contribution in [3.8, 4) is 0 Å². The predicted molar refractivity (Wildman–Crippen MR) is 51.6 cm³/mol. The molecule has 0 aromatic rings. The molecule has 0 aliphatic carbocycles. The highest BCUT2D eigenvalue weighted by atomic mass is 16.4. The second-order valence-electron chi connectivity index (χ2n) is 3.90. The number of hydrogen-bond donors (Lipinski definition) is 2. The minimum Gasteiger partial charge on any atom is -0.481 e. The maximum absolute atomic E-state index is 10.6. The van der Waals surface area contributed by atoms with Gasteiger partial charge in [0.15, 0.2) is 0 Å². The van der Waals surface area contributed by atoms with E-state index in [1.807, 2.05) is 0 Å². The second-order valence-corrected chi connectivity index (χ2v) is 3.90. The Morgan fingerprint density at radius 1 is 1.54 bits per heavy atom. The fourth-order valence-electron chi connectivity index (χ4n) is 2.18. The monoisotopic (exact) mass is 185 g/mol. The van der Waals surface area contributed by atoms with E-state index in [0.717, 1.165) is 32.4 Å². The summed E-state index contributed by atoms with van der Waals surface area (Å²) in [6.07, 6.45) is 3.69. The minimum absolute atomic E-state index is 0.354. The summed E-state index contributed by atoms with van der Waals surface area (Å²) in [5.74, 6) is 0.335. The number of carboxylic acids is 1. The fourth-order valence-corrected chi connectivity index (χ4v) is 2.18.